The van der Waals surface area contributed by atoms with E-state index >= 15 is 0 Å². The first-order valence-corrected chi connectivity index (χ1v) is 8.04. The second kappa shape index (κ2) is 7.36. The fourth-order valence-corrected chi connectivity index (χ4v) is 3.26. The molecule has 0 saturated heterocycles. The summed E-state index contributed by atoms with van der Waals surface area (Å²) in [6.45, 7) is 2.02. The van der Waals surface area contributed by atoms with Gasteiger partial charge in [-0.3, -0.25) is 4.68 Å². The minimum absolute atomic E-state index is 0.695. The molecule has 1 aliphatic carbocycles. The van der Waals surface area contributed by atoms with Crippen molar-refractivity contribution in [2.45, 2.75) is 50.6 Å². The fourth-order valence-electron chi connectivity index (χ4n) is 3.26. The Balaban J connectivity index is 1.34. The van der Waals surface area contributed by atoms with Crippen LogP contribution in [-0.2, 0) is 6.54 Å². The monoisotopic (exact) mass is 284 g/mol. The molecule has 2 aromatic rings. The molecule has 1 aromatic carbocycles. The average Bonchev–Trinajstić information content (AvgIpc) is 3.06. The highest BCUT2D eigenvalue weighted by molar-refractivity contribution is 5.20. The summed E-state index contributed by atoms with van der Waals surface area (Å²) in [5.41, 5.74) is 1.52. The third-order valence-electron chi connectivity index (χ3n) is 4.47. The van der Waals surface area contributed by atoms with E-state index in [1.165, 1.54) is 31.2 Å². The number of nitrogens with zero attached hydrogens (tertiary/aromatic N) is 3. The molecule has 1 fully saturated rings. The number of benzene rings is 1. The zero-order valence-electron chi connectivity index (χ0n) is 12.5. The Bertz CT molecular complexity index is 501. The second-order valence-electron chi connectivity index (χ2n) is 5.93. The van der Waals surface area contributed by atoms with Crippen molar-refractivity contribution < 1.29 is 0 Å². The predicted octanol–water partition coefficient (Wildman–Crippen LogP) is 2.98. The molecule has 1 N–H and O–H groups in total. The van der Waals surface area contributed by atoms with Crippen molar-refractivity contribution >= 4 is 0 Å². The SMILES string of the molecule is c1ccc(C2CCC(NCCCn3ccnn3)CC2)cc1. The van der Waals surface area contributed by atoms with Gasteiger partial charge in [-0.2, -0.15) is 0 Å². The number of nitrogens with one attached hydrogen (secondary N) is 1. The lowest BCUT2D eigenvalue weighted by molar-refractivity contribution is 0.338. The maximum atomic E-state index is 3.98. The van der Waals surface area contributed by atoms with Crippen molar-refractivity contribution in [3.63, 3.8) is 0 Å². The second-order valence-corrected chi connectivity index (χ2v) is 5.93. The standard InChI is InChI=1S/C17H24N4/c1-2-5-15(6-3-1)16-7-9-17(10-8-16)18-11-4-13-21-14-12-19-20-21/h1-3,5-6,12,14,16-18H,4,7-11,13H2. The van der Waals surface area contributed by atoms with E-state index in [0.717, 1.165) is 25.4 Å². The summed E-state index contributed by atoms with van der Waals surface area (Å²) in [5.74, 6) is 0.763. The maximum absolute atomic E-state index is 3.98. The summed E-state index contributed by atoms with van der Waals surface area (Å²) < 4.78 is 1.90. The van der Waals surface area contributed by atoms with Crippen molar-refractivity contribution in [2.24, 2.45) is 0 Å². The molecule has 21 heavy (non-hydrogen) atoms. The van der Waals surface area contributed by atoms with Crippen molar-refractivity contribution in [2.75, 3.05) is 6.54 Å². The van der Waals surface area contributed by atoms with Gasteiger partial charge < -0.3 is 5.32 Å². The van der Waals surface area contributed by atoms with Crippen molar-refractivity contribution in [1.29, 1.82) is 0 Å². The van der Waals surface area contributed by atoms with Crippen LogP contribution in [0, 0.1) is 0 Å². The minimum atomic E-state index is 0.695. The fraction of sp³-hybridized carbons (Fsp3) is 0.529. The van der Waals surface area contributed by atoms with E-state index < -0.39 is 0 Å². The molecule has 0 bridgehead atoms. The molecule has 1 aliphatic rings. The van der Waals surface area contributed by atoms with E-state index in [1.807, 2.05) is 10.9 Å². The van der Waals surface area contributed by atoms with Crippen LogP contribution in [0.1, 0.15) is 43.6 Å². The Hall–Kier alpha value is -1.68. The van der Waals surface area contributed by atoms with Gasteiger partial charge in [0.25, 0.3) is 0 Å². The molecule has 0 aliphatic heterocycles. The summed E-state index contributed by atoms with van der Waals surface area (Å²) in [4.78, 5) is 0. The lowest BCUT2D eigenvalue weighted by Crippen LogP contribution is -2.33. The Morgan fingerprint density at radius 2 is 1.90 bits per heavy atom. The summed E-state index contributed by atoms with van der Waals surface area (Å²) in [5, 5.41) is 11.5. The van der Waals surface area contributed by atoms with Gasteiger partial charge in [0.2, 0.25) is 0 Å². The first kappa shape index (κ1) is 14.3. The van der Waals surface area contributed by atoms with Crippen LogP contribution in [0.2, 0.25) is 0 Å². The topological polar surface area (TPSA) is 42.7 Å². The zero-order chi connectivity index (χ0) is 14.3. The molecular formula is C17H24N4. The van der Waals surface area contributed by atoms with E-state index in [9.17, 15) is 0 Å². The van der Waals surface area contributed by atoms with Gasteiger partial charge in [0.1, 0.15) is 0 Å². The first-order valence-electron chi connectivity index (χ1n) is 8.04. The number of hydrogen-bond acceptors (Lipinski definition) is 3. The van der Waals surface area contributed by atoms with Crippen LogP contribution in [0.15, 0.2) is 42.7 Å². The van der Waals surface area contributed by atoms with Gasteiger partial charge in [-0.05, 0) is 50.1 Å². The largest absolute Gasteiger partial charge is 0.314 e. The number of aryl methyl sites for hydroxylation is 1. The highest BCUT2D eigenvalue weighted by Gasteiger charge is 2.21. The third-order valence-corrected chi connectivity index (χ3v) is 4.47. The molecule has 3 rings (SSSR count). The number of hydrogen-bond donors (Lipinski definition) is 1. The summed E-state index contributed by atoms with van der Waals surface area (Å²) in [6.07, 6.45) is 9.98. The van der Waals surface area contributed by atoms with Gasteiger partial charge in [0.15, 0.2) is 0 Å². The van der Waals surface area contributed by atoms with Crippen LogP contribution in [-0.4, -0.2) is 27.6 Å². The molecule has 4 heteroatoms. The van der Waals surface area contributed by atoms with E-state index in [-0.39, 0.29) is 0 Å². The molecule has 0 radical (unpaired) electrons. The van der Waals surface area contributed by atoms with Crippen molar-refractivity contribution in [1.82, 2.24) is 20.3 Å². The number of rotatable bonds is 6. The highest BCUT2D eigenvalue weighted by atomic mass is 15.4. The van der Waals surface area contributed by atoms with Crippen molar-refractivity contribution in [3.8, 4) is 0 Å². The van der Waals surface area contributed by atoms with Crippen LogP contribution >= 0.6 is 0 Å². The quantitative estimate of drug-likeness (QED) is 0.829. The Morgan fingerprint density at radius 3 is 2.62 bits per heavy atom. The highest BCUT2D eigenvalue weighted by Crippen LogP contribution is 2.32. The Kier molecular flexibility index (Phi) is 5.00. The van der Waals surface area contributed by atoms with E-state index in [4.69, 9.17) is 0 Å². The van der Waals surface area contributed by atoms with Gasteiger partial charge >= 0.3 is 0 Å². The molecule has 0 spiro atoms. The molecule has 1 saturated carbocycles. The molecular weight excluding hydrogens is 260 g/mol. The van der Waals surface area contributed by atoms with Crippen LogP contribution in [0.4, 0.5) is 0 Å². The molecule has 0 atom stereocenters. The van der Waals surface area contributed by atoms with E-state index in [1.54, 1.807) is 6.20 Å². The van der Waals surface area contributed by atoms with Crippen LogP contribution in [0.25, 0.3) is 0 Å². The lowest BCUT2D eigenvalue weighted by atomic mass is 9.82. The van der Waals surface area contributed by atoms with E-state index in [2.05, 4.69) is 46.0 Å². The molecule has 4 nitrogen and oxygen atoms in total. The smallest absolute Gasteiger partial charge is 0.0692 e. The predicted molar refractivity (Wildman–Crippen MR) is 84.1 cm³/mol. The van der Waals surface area contributed by atoms with E-state index in [0.29, 0.717) is 6.04 Å². The third kappa shape index (κ3) is 4.14. The van der Waals surface area contributed by atoms with Gasteiger partial charge in [-0.15, -0.1) is 5.10 Å². The zero-order valence-corrected chi connectivity index (χ0v) is 12.5. The Morgan fingerprint density at radius 1 is 1.10 bits per heavy atom. The van der Waals surface area contributed by atoms with Gasteiger partial charge in [0.05, 0.1) is 6.20 Å². The first-order chi connectivity index (χ1) is 10.4. The summed E-state index contributed by atoms with van der Waals surface area (Å²) >= 11 is 0. The van der Waals surface area contributed by atoms with Crippen LogP contribution in [0.5, 0.6) is 0 Å². The summed E-state index contributed by atoms with van der Waals surface area (Å²) in [7, 11) is 0. The molecule has 112 valence electrons. The van der Waals surface area contributed by atoms with Gasteiger partial charge in [-0.25, -0.2) is 0 Å². The Labute approximate surface area is 126 Å². The molecule has 0 amide bonds. The molecule has 1 aromatic heterocycles. The van der Waals surface area contributed by atoms with Crippen LogP contribution in [0.3, 0.4) is 0 Å². The van der Waals surface area contributed by atoms with Crippen molar-refractivity contribution in [3.05, 3.63) is 48.3 Å². The molecule has 0 unspecified atom stereocenters. The summed E-state index contributed by atoms with van der Waals surface area (Å²) in [6, 6.07) is 11.7. The van der Waals surface area contributed by atoms with Gasteiger partial charge in [-0.1, -0.05) is 35.5 Å². The van der Waals surface area contributed by atoms with Crippen LogP contribution < -0.4 is 5.32 Å². The number of aromatic nitrogens is 3. The minimum Gasteiger partial charge on any atom is -0.314 e. The molecule has 1 heterocycles. The maximum Gasteiger partial charge on any atom is 0.0692 e. The average molecular weight is 284 g/mol. The van der Waals surface area contributed by atoms with Gasteiger partial charge in [0, 0.05) is 18.8 Å². The normalized spacial score (nSPS) is 22.3. The lowest BCUT2D eigenvalue weighted by Gasteiger charge is -2.29.